The van der Waals surface area contributed by atoms with Crippen molar-refractivity contribution in [2.24, 2.45) is 5.73 Å². The summed E-state index contributed by atoms with van der Waals surface area (Å²) < 4.78 is 0. The lowest BCUT2D eigenvalue weighted by Crippen LogP contribution is -2.58. The number of carboxylic acid groups (broad SMARTS) is 2. The van der Waals surface area contributed by atoms with Gasteiger partial charge in [0.05, 0.1) is 12.5 Å². The molecule has 4 atom stereocenters. The van der Waals surface area contributed by atoms with Gasteiger partial charge in [0.1, 0.15) is 23.9 Å². The average molecular weight is 586 g/mol. The highest BCUT2D eigenvalue weighted by Crippen LogP contribution is 2.19. The number of aliphatic carboxylic acids is 2. The van der Waals surface area contributed by atoms with Crippen LogP contribution in [0.5, 0.6) is 5.75 Å². The van der Waals surface area contributed by atoms with E-state index in [4.69, 9.17) is 5.73 Å². The number of nitrogens with two attached hydrogens (primary N) is 1. The molecule has 0 saturated heterocycles. The van der Waals surface area contributed by atoms with Crippen LogP contribution in [0.25, 0.3) is 10.9 Å². The van der Waals surface area contributed by atoms with Crippen LogP contribution in [-0.4, -0.2) is 79.9 Å². The molecule has 41 heavy (non-hydrogen) atoms. The van der Waals surface area contributed by atoms with Crippen molar-refractivity contribution >= 4 is 53.2 Å². The van der Waals surface area contributed by atoms with Crippen molar-refractivity contribution in [3.63, 3.8) is 0 Å². The van der Waals surface area contributed by atoms with Crippen molar-refractivity contribution in [1.82, 2.24) is 20.9 Å². The molecule has 2 aromatic carbocycles. The summed E-state index contributed by atoms with van der Waals surface area (Å²) in [6.45, 7) is 0. The van der Waals surface area contributed by atoms with Gasteiger partial charge in [0, 0.05) is 35.7 Å². The van der Waals surface area contributed by atoms with Crippen molar-refractivity contribution < 1.29 is 39.3 Å². The zero-order chi connectivity index (χ0) is 30.1. The summed E-state index contributed by atoms with van der Waals surface area (Å²) in [4.78, 5) is 65.4. The highest BCUT2D eigenvalue weighted by Gasteiger charge is 2.32. The van der Waals surface area contributed by atoms with Crippen molar-refractivity contribution in [2.45, 2.75) is 43.4 Å². The normalized spacial score (nSPS) is 13.9. The molecule has 3 rings (SSSR count). The number of carbonyl (C=O) groups excluding carboxylic acids is 3. The van der Waals surface area contributed by atoms with E-state index in [2.05, 4.69) is 33.6 Å². The minimum Gasteiger partial charge on any atom is -0.508 e. The van der Waals surface area contributed by atoms with Gasteiger partial charge in [-0.1, -0.05) is 30.3 Å². The number of aromatic amines is 1. The molecule has 0 radical (unpaired) electrons. The van der Waals surface area contributed by atoms with Crippen LogP contribution in [0.1, 0.15) is 17.5 Å². The summed E-state index contributed by atoms with van der Waals surface area (Å²) in [7, 11) is 0. The number of carboxylic acids is 2. The van der Waals surface area contributed by atoms with E-state index >= 15 is 0 Å². The number of H-pyrrole nitrogens is 1. The van der Waals surface area contributed by atoms with Gasteiger partial charge in [-0.2, -0.15) is 12.6 Å². The van der Waals surface area contributed by atoms with Gasteiger partial charge in [-0.15, -0.1) is 0 Å². The van der Waals surface area contributed by atoms with Crippen LogP contribution in [0.3, 0.4) is 0 Å². The monoisotopic (exact) mass is 585 g/mol. The van der Waals surface area contributed by atoms with Crippen LogP contribution in [0.2, 0.25) is 0 Å². The van der Waals surface area contributed by atoms with Gasteiger partial charge in [0.15, 0.2) is 0 Å². The largest absolute Gasteiger partial charge is 0.508 e. The minimum absolute atomic E-state index is 0.0174. The highest BCUT2D eigenvalue weighted by molar-refractivity contribution is 7.80. The lowest BCUT2D eigenvalue weighted by molar-refractivity contribution is -0.143. The first-order valence-corrected chi connectivity index (χ1v) is 13.2. The van der Waals surface area contributed by atoms with Crippen LogP contribution in [-0.2, 0) is 36.8 Å². The molecule has 14 heteroatoms. The van der Waals surface area contributed by atoms with Crippen molar-refractivity contribution in [1.29, 1.82) is 0 Å². The first-order chi connectivity index (χ1) is 19.5. The van der Waals surface area contributed by atoms with Gasteiger partial charge in [-0.3, -0.25) is 19.2 Å². The molecule has 0 fully saturated rings. The molecule has 0 bridgehead atoms. The number of para-hydroxylation sites is 1. The number of carbonyl (C=O) groups is 5. The maximum absolute atomic E-state index is 13.3. The van der Waals surface area contributed by atoms with E-state index in [1.54, 1.807) is 18.3 Å². The standard InChI is InChI=1S/C27H31N5O8S/c28-18(13-41)24(36)30-20(9-14-5-7-16(33)8-6-14)25(37)31-21(11-23(34)35)26(38)32-22(27(39)40)10-15-12-29-19-4-2-1-3-17(15)19/h1-8,12,18,20-22,29,33,41H,9-11,13,28H2,(H,30,36)(H,31,37)(H,32,38)(H,34,35)(H,39,40). The molecular weight excluding hydrogens is 554 g/mol. The Morgan fingerprint density at radius 1 is 0.829 bits per heavy atom. The van der Waals surface area contributed by atoms with E-state index in [0.29, 0.717) is 11.1 Å². The molecule has 1 heterocycles. The third-order valence-corrected chi connectivity index (χ3v) is 6.66. The molecule has 4 unspecified atom stereocenters. The van der Waals surface area contributed by atoms with Crippen LogP contribution in [0.15, 0.2) is 54.7 Å². The maximum Gasteiger partial charge on any atom is 0.326 e. The fourth-order valence-corrected chi connectivity index (χ4v) is 4.25. The number of thiol groups is 1. The van der Waals surface area contributed by atoms with E-state index in [1.807, 2.05) is 12.1 Å². The van der Waals surface area contributed by atoms with Crippen LogP contribution < -0.4 is 21.7 Å². The SMILES string of the molecule is NC(CS)C(=O)NC(Cc1ccc(O)cc1)C(=O)NC(CC(=O)O)C(=O)NC(Cc1c[nH]c2ccccc12)C(=O)O. The third kappa shape index (κ3) is 8.71. The number of phenolic OH excluding ortho intramolecular Hbond substituents is 1. The number of hydrogen-bond acceptors (Lipinski definition) is 8. The number of aromatic nitrogens is 1. The number of rotatable bonds is 14. The van der Waals surface area contributed by atoms with Crippen LogP contribution in [0.4, 0.5) is 0 Å². The van der Waals surface area contributed by atoms with Crippen LogP contribution >= 0.6 is 12.6 Å². The Bertz CT molecular complexity index is 1410. The number of nitrogens with one attached hydrogen (secondary N) is 4. The predicted octanol–water partition coefficient (Wildman–Crippen LogP) is -0.0705. The number of benzene rings is 2. The summed E-state index contributed by atoms with van der Waals surface area (Å²) in [5.74, 6) is -5.46. The van der Waals surface area contributed by atoms with Gasteiger partial charge >= 0.3 is 11.9 Å². The summed E-state index contributed by atoms with van der Waals surface area (Å²) in [6.07, 6.45) is 0.569. The first-order valence-electron chi connectivity index (χ1n) is 12.5. The number of aromatic hydroxyl groups is 1. The van der Waals surface area contributed by atoms with Gasteiger partial charge in [0.25, 0.3) is 0 Å². The quantitative estimate of drug-likeness (QED) is 0.115. The Hall–Kier alpha value is -4.56. The van der Waals surface area contributed by atoms with E-state index in [0.717, 1.165) is 10.9 Å². The molecule has 3 amide bonds. The fraction of sp³-hybridized carbons (Fsp3) is 0.296. The maximum atomic E-state index is 13.3. The van der Waals surface area contributed by atoms with Crippen molar-refractivity contribution in [3.05, 3.63) is 65.9 Å². The predicted molar refractivity (Wildman–Crippen MR) is 151 cm³/mol. The molecule has 13 nitrogen and oxygen atoms in total. The zero-order valence-corrected chi connectivity index (χ0v) is 22.6. The second-order valence-electron chi connectivity index (χ2n) is 9.34. The topological polar surface area (TPSA) is 224 Å². The Kier molecular flexibility index (Phi) is 10.7. The van der Waals surface area contributed by atoms with E-state index < -0.39 is 60.2 Å². The van der Waals surface area contributed by atoms with Crippen LogP contribution in [0, 0.1) is 0 Å². The molecule has 0 saturated carbocycles. The summed E-state index contributed by atoms with van der Waals surface area (Å²) in [6, 6.07) is 7.55. The highest BCUT2D eigenvalue weighted by atomic mass is 32.1. The molecule has 0 spiro atoms. The molecule has 1 aromatic heterocycles. The molecule has 0 aliphatic carbocycles. The third-order valence-electron chi connectivity index (χ3n) is 6.27. The molecule has 9 N–H and O–H groups in total. The molecule has 218 valence electrons. The smallest absolute Gasteiger partial charge is 0.326 e. The fourth-order valence-electron chi connectivity index (χ4n) is 4.09. The molecule has 0 aliphatic heterocycles. The first kappa shape index (κ1) is 31.0. The Balaban J connectivity index is 1.79. The van der Waals surface area contributed by atoms with E-state index in [9.17, 15) is 39.3 Å². The van der Waals surface area contributed by atoms with Gasteiger partial charge in [-0.25, -0.2) is 4.79 Å². The minimum atomic E-state index is -1.66. The van der Waals surface area contributed by atoms with Crippen molar-refractivity contribution in [3.8, 4) is 5.75 Å². The van der Waals surface area contributed by atoms with Gasteiger partial charge < -0.3 is 42.0 Å². The van der Waals surface area contributed by atoms with E-state index in [-0.39, 0.29) is 24.3 Å². The lowest BCUT2D eigenvalue weighted by atomic mass is 10.0. The summed E-state index contributed by atoms with van der Waals surface area (Å²) in [5.41, 5.74) is 7.63. The Morgan fingerprint density at radius 3 is 2.07 bits per heavy atom. The summed E-state index contributed by atoms with van der Waals surface area (Å²) >= 11 is 3.98. The lowest BCUT2D eigenvalue weighted by Gasteiger charge is -2.24. The number of amides is 3. The number of hydrogen-bond donors (Lipinski definition) is 9. The Labute approximate surface area is 239 Å². The van der Waals surface area contributed by atoms with Gasteiger partial charge in [-0.05, 0) is 29.3 Å². The average Bonchev–Trinajstić information content (AvgIpc) is 3.34. The second-order valence-corrected chi connectivity index (χ2v) is 9.71. The number of fused-ring (bicyclic) bond motifs is 1. The molecule has 0 aliphatic rings. The van der Waals surface area contributed by atoms with Gasteiger partial charge in [0.2, 0.25) is 17.7 Å². The molecular formula is C27H31N5O8S. The summed E-state index contributed by atoms with van der Waals surface area (Å²) in [5, 5.41) is 36.6. The second kappa shape index (κ2) is 14.2. The zero-order valence-electron chi connectivity index (χ0n) is 21.7. The number of phenols is 1. The Morgan fingerprint density at radius 2 is 1.44 bits per heavy atom. The molecule has 3 aromatic rings. The van der Waals surface area contributed by atoms with Crippen molar-refractivity contribution in [2.75, 3.05) is 5.75 Å². The van der Waals surface area contributed by atoms with E-state index in [1.165, 1.54) is 24.3 Å².